The van der Waals surface area contributed by atoms with E-state index in [4.69, 9.17) is 4.74 Å². The molecule has 6 nitrogen and oxygen atoms in total. The van der Waals surface area contributed by atoms with Gasteiger partial charge in [0.25, 0.3) is 5.91 Å². The van der Waals surface area contributed by atoms with E-state index < -0.39 is 11.9 Å². The van der Waals surface area contributed by atoms with Crippen molar-refractivity contribution < 1.29 is 27.5 Å². The minimum absolute atomic E-state index is 0.0227. The molecule has 1 fully saturated rings. The van der Waals surface area contributed by atoms with E-state index >= 15 is 0 Å². The summed E-state index contributed by atoms with van der Waals surface area (Å²) in [6.07, 6.45) is -2.35. The third-order valence-corrected chi connectivity index (χ3v) is 6.30. The van der Waals surface area contributed by atoms with Gasteiger partial charge in [0.2, 0.25) is 5.91 Å². The monoisotopic (exact) mass is 463 g/mol. The van der Waals surface area contributed by atoms with E-state index in [1.807, 2.05) is 6.92 Å². The van der Waals surface area contributed by atoms with Crippen molar-refractivity contribution >= 4 is 33.2 Å². The molecule has 0 saturated carbocycles. The van der Waals surface area contributed by atoms with Gasteiger partial charge in [-0.25, -0.2) is 0 Å². The number of hydrogen-bond donors (Lipinski definition) is 2. The van der Waals surface area contributed by atoms with Crippen LogP contribution in [0.25, 0.3) is 10.1 Å². The topological polar surface area (TPSA) is 80.3 Å². The van der Waals surface area contributed by atoms with E-state index in [2.05, 4.69) is 15.6 Å². The number of hydrogen-bond acceptors (Lipinski definition) is 5. The summed E-state index contributed by atoms with van der Waals surface area (Å²) in [5, 5.41) is 6.33. The van der Waals surface area contributed by atoms with Crippen LogP contribution in [-0.2, 0) is 17.6 Å². The quantitative estimate of drug-likeness (QED) is 0.574. The van der Waals surface area contributed by atoms with Crippen molar-refractivity contribution in [2.24, 2.45) is 0 Å². The molecule has 0 aliphatic carbocycles. The van der Waals surface area contributed by atoms with Gasteiger partial charge in [0.05, 0.1) is 5.56 Å². The lowest BCUT2D eigenvalue weighted by Gasteiger charge is -2.13. The van der Waals surface area contributed by atoms with E-state index in [1.165, 1.54) is 23.5 Å². The number of rotatable bonds is 6. The number of thiophene rings is 1. The third kappa shape index (κ3) is 4.69. The first-order valence-electron chi connectivity index (χ1n) is 9.97. The normalized spacial score (nSPS) is 16.2. The highest BCUT2D eigenvalue weighted by Gasteiger charge is 2.35. The maximum Gasteiger partial charge on any atom is 0.433 e. The molecule has 0 spiro atoms. The van der Waals surface area contributed by atoms with Crippen LogP contribution < -0.4 is 15.4 Å². The maximum atomic E-state index is 13.1. The molecule has 1 aliphatic rings. The molecule has 1 unspecified atom stereocenters. The van der Waals surface area contributed by atoms with E-state index in [-0.39, 0.29) is 30.0 Å². The molecule has 1 aliphatic heterocycles. The zero-order valence-corrected chi connectivity index (χ0v) is 17.9. The van der Waals surface area contributed by atoms with Crippen LogP contribution in [0.4, 0.5) is 13.2 Å². The molecule has 2 aromatic heterocycles. The molecule has 4 rings (SSSR count). The van der Waals surface area contributed by atoms with Crippen LogP contribution >= 0.6 is 11.3 Å². The molecule has 0 radical (unpaired) electrons. The second-order valence-corrected chi connectivity index (χ2v) is 8.76. The summed E-state index contributed by atoms with van der Waals surface area (Å²) in [6.45, 7) is 1.86. The number of nitrogens with zero attached hydrogens (tertiary/aromatic N) is 1. The molecule has 2 N–H and O–H groups in total. The zero-order chi connectivity index (χ0) is 22.9. The molecule has 32 heavy (non-hydrogen) atoms. The number of aryl methyl sites for hydroxylation is 1. The largest absolute Gasteiger partial charge is 0.489 e. The van der Waals surface area contributed by atoms with Crippen LogP contribution in [0.5, 0.6) is 5.75 Å². The summed E-state index contributed by atoms with van der Waals surface area (Å²) in [5.41, 5.74) is -0.554. The number of nitrogens with one attached hydrogen (secondary N) is 2. The summed E-state index contributed by atoms with van der Waals surface area (Å²) in [6, 6.07) is 7.77. The number of halogens is 3. The van der Waals surface area contributed by atoms with E-state index in [0.717, 1.165) is 15.8 Å². The van der Waals surface area contributed by atoms with Gasteiger partial charge in [0, 0.05) is 45.7 Å². The van der Waals surface area contributed by atoms with Crippen molar-refractivity contribution in [3.63, 3.8) is 0 Å². The lowest BCUT2D eigenvalue weighted by atomic mass is 10.1. The van der Waals surface area contributed by atoms with E-state index in [9.17, 15) is 22.8 Å². The Bertz CT molecular complexity index is 1180. The summed E-state index contributed by atoms with van der Waals surface area (Å²) in [5.74, 6) is 0.0635. The zero-order valence-electron chi connectivity index (χ0n) is 17.1. The molecular weight excluding hydrogens is 443 g/mol. The van der Waals surface area contributed by atoms with Gasteiger partial charge in [-0.15, -0.1) is 11.3 Å². The number of carbonyl (C=O) groups is 2. The number of ether oxygens (including phenoxy) is 1. The average molecular weight is 463 g/mol. The minimum atomic E-state index is -4.57. The van der Waals surface area contributed by atoms with Gasteiger partial charge in [0.1, 0.15) is 12.4 Å². The SMILES string of the molecule is Cc1sc2ccc(OCc3cccnc3C(F)(F)F)cc2c1C(=O)NCC1CCC(=O)N1. The highest BCUT2D eigenvalue weighted by molar-refractivity contribution is 7.19. The predicted octanol–water partition coefficient (Wildman–Crippen LogP) is 4.21. The molecule has 0 bridgehead atoms. The van der Waals surface area contributed by atoms with Crippen molar-refractivity contribution in [1.82, 2.24) is 15.6 Å². The minimum Gasteiger partial charge on any atom is -0.489 e. The third-order valence-electron chi connectivity index (χ3n) is 5.21. The van der Waals surface area contributed by atoms with Gasteiger partial charge in [-0.1, -0.05) is 6.07 Å². The molecule has 3 heterocycles. The second-order valence-electron chi connectivity index (χ2n) is 7.50. The molecular formula is C22H20F3N3O3S. The van der Waals surface area contributed by atoms with Crippen molar-refractivity contribution in [3.05, 3.63) is 58.2 Å². The Morgan fingerprint density at radius 2 is 2.16 bits per heavy atom. The molecule has 2 amide bonds. The van der Waals surface area contributed by atoms with E-state index in [0.29, 0.717) is 36.1 Å². The standard InChI is InChI=1S/C22H20F3N3O3S/c1-12-19(21(30)27-10-14-4-7-18(29)28-14)16-9-15(5-6-17(16)32-12)31-11-13-3-2-8-26-20(13)22(23,24)25/h2-3,5-6,8-9,14H,4,7,10-11H2,1H3,(H,27,30)(H,28,29). The lowest BCUT2D eigenvalue weighted by molar-refractivity contribution is -0.142. The Morgan fingerprint density at radius 1 is 1.34 bits per heavy atom. The Balaban J connectivity index is 1.52. The van der Waals surface area contributed by atoms with Crippen molar-refractivity contribution in [2.45, 2.75) is 38.6 Å². The summed E-state index contributed by atoms with van der Waals surface area (Å²) in [4.78, 5) is 28.4. The number of pyridine rings is 1. The highest BCUT2D eigenvalue weighted by Crippen LogP contribution is 2.34. The van der Waals surface area contributed by atoms with Crippen LogP contribution in [0.2, 0.25) is 0 Å². The first kappa shape index (κ1) is 22.1. The number of aromatic nitrogens is 1. The number of carbonyl (C=O) groups excluding carboxylic acids is 2. The number of benzene rings is 1. The fourth-order valence-corrected chi connectivity index (χ4v) is 4.72. The first-order chi connectivity index (χ1) is 15.2. The van der Waals surface area contributed by atoms with Gasteiger partial charge < -0.3 is 15.4 Å². The fourth-order valence-electron chi connectivity index (χ4n) is 3.68. The van der Waals surface area contributed by atoms with Gasteiger partial charge in [-0.05, 0) is 37.6 Å². The molecule has 1 atom stereocenters. The van der Waals surface area contributed by atoms with Crippen molar-refractivity contribution in [1.29, 1.82) is 0 Å². The summed E-state index contributed by atoms with van der Waals surface area (Å²) in [7, 11) is 0. The number of fused-ring (bicyclic) bond motifs is 1. The Hall–Kier alpha value is -3.14. The molecule has 1 saturated heterocycles. The van der Waals surface area contributed by atoms with Gasteiger partial charge >= 0.3 is 6.18 Å². The lowest BCUT2D eigenvalue weighted by Crippen LogP contribution is -2.38. The first-order valence-corrected chi connectivity index (χ1v) is 10.8. The Morgan fingerprint density at radius 3 is 2.88 bits per heavy atom. The number of amides is 2. The molecule has 1 aromatic carbocycles. The maximum absolute atomic E-state index is 13.1. The molecule has 3 aromatic rings. The molecule has 10 heteroatoms. The van der Waals surface area contributed by atoms with Gasteiger partial charge in [-0.3, -0.25) is 14.6 Å². The van der Waals surface area contributed by atoms with Crippen LogP contribution in [-0.4, -0.2) is 29.4 Å². The van der Waals surface area contributed by atoms with Crippen LogP contribution in [0.3, 0.4) is 0 Å². The van der Waals surface area contributed by atoms with Crippen LogP contribution in [0.1, 0.15) is 39.3 Å². The predicted molar refractivity (Wildman–Crippen MR) is 114 cm³/mol. The van der Waals surface area contributed by atoms with Crippen molar-refractivity contribution in [3.8, 4) is 5.75 Å². The number of alkyl halides is 3. The van der Waals surface area contributed by atoms with E-state index in [1.54, 1.807) is 18.2 Å². The van der Waals surface area contributed by atoms with Crippen molar-refractivity contribution in [2.75, 3.05) is 6.54 Å². The fraction of sp³-hybridized carbons (Fsp3) is 0.318. The second kappa shape index (κ2) is 8.78. The smallest absolute Gasteiger partial charge is 0.433 e. The van der Waals surface area contributed by atoms with Crippen LogP contribution in [0.15, 0.2) is 36.5 Å². The Kier molecular flexibility index (Phi) is 6.05. The Labute approximate surface area is 185 Å². The van der Waals surface area contributed by atoms with Gasteiger partial charge in [0.15, 0.2) is 5.69 Å². The molecule has 168 valence electrons. The van der Waals surface area contributed by atoms with Gasteiger partial charge in [-0.2, -0.15) is 13.2 Å². The summed E-state index contributed by atoms with van der Waals surface area (Å²) >= 11 is 1.45. The highest BCUT2D eigenvalue weighted by atomic mass is 32.1. The summed E-state index contributed by atoms with van der Waals surface area (Å²) < 4.78 is 45.9. The van der Waals surface area contributed by atoms with Crippen LogP contribution in [0, 0.1) is 6.92 Å². The average Bonchev–Trinajstić information content (AvgIpc) is 3.31.